The van der Waals surface area contributed by atoms with Crippen molar-refractivity contribution in [3.05, 3.63) is 35.9 Å². The summed E-state index contributed by atoms with van der Waals surface area (Å²) in [7, 11) is -3.32. The number of amides is 1. The molecule has 5 nitrogen and oxygen atoms in total. The first kappa shape index (κ1) is 15.5. The van der Waals surface area contributed by atoms with Crippen LogP contribution in [0.15, 0.2) is 30.3 Å². The molecule has 1 saturated carbocycles. The third-order valence-electron chi connectivity index (χ3n) is 4.85. The summed E-state index contributed by atoms with van der Waals surface area (Å²) in [6.07, 6.45) is 4.72. The molecular weight excluding hydrogens is 300 g/mol. The van der Waals surface area contributed by atoms with E-state index in [1.807, 2.05) is 35.2 Å². The van der Waals surface area contributed by atoms with Gasteiger partial charge in [-0.3, -0.25) is 4.79 Å². The van der Waals surface area contributed by atoms with Gasteiger partial charge in [-0.1, -0.05) is 43.2 Å². The molecule has 0 aromatic heterocycles. The van der Waals surface area contributed by atoms with Crippen LogP contribution >= 0.6 is 0 Å². The minimum Gasteiger partial charge on any atom is -0.336 e. The molecule has 1 heterocycles. The van der Waals surface area contributed by atoms with Crippen LogP contribution in [0.1, 0.15) is 31.2 Å². The lowest BCUT2D eigenvalue weighted by Crippen LogP contribution is -2.46. The Morgan fingerprint density at radius 1 is 1.23 bits per heavy atom. The SMILES string of the molecule is CS(=O)(=O)NC1CN(Cc2ccccc2)C(=O)C12CCCC2. The number of benzene rings is 1. The molecule has 2 aliphatic rings. The van der Waals surface area contributed by atoms with Crippen molar-refractivity contribution in [2.45, 2.75) is 38.3 Å². The Hall–Kier alpha value is -1.40. The van der Waals surface area contributed by atoms with Crippen LogP contribution in [0, 0.1) is 5.41 Å². The normalized spacial score (nSPS) is 24.3. The third-order valence-corrected chi connectivity index (χ3v) is 5.56. The van der Waals surface area contributed by atoms with Crippen LogP contribution in [0.25, 0.3) is 0 Å². The maximum atomic E-state index is 12.9. The number of nitrogens with zero attached hydrogens (tertiary/aromatic N) is 1. The fourth-order valence-corrected chi connectivity index (χ4v) is 4.68. The van der Waals surface area contributed by atoms with Crippen molar-refractivity contribution in [2.75, 3.05) is 12.8 Å². The van der Waals surface area contributed by atoms with Crippen LogP contribution in [0.4, 0.5) is 0 Å². The minimum absolute atomic E-state index is 0.106. The standard InChI is InChI=1S/C16H22N2O3S/c1-22(20,21)17-14-12-18(11-13-7-3-2-4-8-13)15(19)16(14)9-5-6-10-16/h2-4,7-8,14,17H,5-6,9-12H2,1H3. The summed E-state index contributed by atoms with van der Waals surface area (Å²) in [5.74, 6) is 0.106. The molecule has 3 rings (SSSR count). The average Bonchev–Trinajstić information content (AvgIpc) is 3.03. The number of rotatable bonds is 4. The van der Waals surface area contributed by atoms with Gasteiger partial charge in [-0.25, -0.2) is 13.1 Å². The second-order valence-corrected chi connectivity index (χ2v) is 8.26. The molecule has 2 fully saturated rings. The second kappa shape index (κ2) is 5.66. The van der Waals surface area contributed by atoms with Gasteiger partial charge in [-0.15, -0.1) is 0 Å². The lowest BCUT2D eigenvalue weighted by molar-refractivity contribution is -0.136. The lowest BCUT2D eigenvalue weighted by atomic mass is 9.81. The zero-order valence-electron chi connectivity index (χ0n) is 12.8. The Bertz CT molecular complexity index is 651. The molecule has 120 valence electrons. The summed E-state index contributed by atoms with van der Waals surface area (Å²) < 4.78 is 26.0. The van der Waals surface area contributed by atoms with Gasteiger partial charge >= 0.3 is 0 Å². The Morgan fingerprint density at radius 2 is 1.86 bits per heavy atom. The molecule has 1 spiro atoms. The fraction of sp³-hybridized carbons (Fsp3) is 0.562. The molecule has 1 aliphatic carbocycles. The van der Waals surface area contributed by atoms with E-state index in [1.165, 1.54) is 6.26 Å². The first-order valence-corrected chi connectivity index (χ1v) is 9.60. The molecule has 22 heavy (non-hydrogen) atoms. The first-order chi connectivity index (χ1) is 10.4. The van der Waals surface area contributed by atoms with Gasteiger partial charge in [0.2, 0.25) is 15.9 Å². The lowest BCUT2D eigenvalue weighted by Gasteiger charge is -2.27. The van der Waals surface area contributed by atoms with Gasteiger partial charge in [0, 0.05) is 13.1 Å². The molecule has 1 N–H and O–H groups in total. The van der Waals surface area contributed by atoms with E-state index in [4.69, 9.17) is 0 Å². The topological polar surface area (TPSA) is 66.5 Å². The Balaban J connectivity index is 1.84. The van der Waals surface area contributed by atoms with Crippen molar-refractivity contribution in [2.24, 2.45) is 5.41 Å². The highest BCUT2D eigenvalue weighted by Crippen LogP contribution is 2.47. The van der Waals surface area contributed by atoms with Gasteiger partial charge in [0.1, 0.15) is 0 Å². The third kappa shape index (κ3) is 2.90. The van der Waals surface area contributed by atoms with E-state index < -0.39 is 15.4 Å². The number of likely N-dealkylation sites (tertiary alicyclic amines) is 1. The van der Waals surface area contributed by atoms with Crippen molar-refractivity contribution >= 4 is 15.9 Å². The molecule has 1 aliphatic heterocycles. The smallest absolute Gasteiger partial charge is 0.230 e. The number of sulfonamides is 1. The molecule has 6 heteroatoms. The van der Waals surface area contributed by atoms with Crippen molar-refractivity contribution in [1.29, 1.82) is 0 Å². The molecule has 1 unspecified atom stereocenters. The summed E-state index contributed by atoms with van der Waals surface area (Å²) in [5.41, 5.74) is 0.543. The van der Waals surface area contributed by atoms with Crippen molar-refractivity contribution in [3.8, 4) is 0 Å². The van der Waals surface area contributed by atoms with E-state index in [-0.39, 0.29) is 11.9 Å². The average molecular weight is 322 g/mol. The molecular formula is C16H22N2O3S. The second-order valence-electron chi connectivity index (χ2n) is 6.48. The predicted octanol–water partition coefficient (Wildman–Crippen LogP) is 1.51. The summed E-state index contributed by atoms with van der Waals surface area (Å²) in [5, 5.41) is 0. The van der Waals surface area contributed by atoms with Crippen LogP contribution in [0.3, 0.4) is 0 Å². The molecule has 1 aromatic rings. The highest BCUT2D eigenvalue weighted by atomic mass is 32.2. The molecule has 1 aromatic carbocycles. The van der Waals surface area contributed by atoms with Gasteiger partial charge in [0.25, 0.3) is 0 Å². The molecule has 1 saturated heterocycles. The summed E-state index contributed by atoms with van der Waals surface area (Å²) >= 11 is 0. The molecule has 1 atom stereocenters. The molecule has 0 bridgehead atoms. The van der Waals surface area contributed by atoms with Crippen LogP contribution in [-0.2, 0) is 21.4 Å². The maximum absolute atomic E-state index is 12.9. The van der Waals surface area contributed by atoms with Crippen LogP contribution in [-0.4, -0.2) is 38.1 Å². The summed E-state index contributed by atoms with van der Waals surface area (Å²) in [6.45, 7) is 1.00. The zero-order valence-corrected chi connectivity index (χ0v) is 13.6. The van der Waals surface area contributed by atoms with E-state index in [0.717, 1.165) is 31.2 Å². The van der Waals surface area contributed by atoms with Crippen LogP contribution in [0.2, 0.25) is 0 Å². The van der Waals surface area contributed by atoms with Gasteiger partial charge in [0.05, 0.1) is 17.7 Å². The van der Waals surface area contributed by atoms with Crippen LogP contribution in [0.5, 0.6) is 0 Å². The number of carbonyl (C=O) groups is 1. The summed E-state index contributed by atoms with van der Waals surface area (Å²) in [6, 6.07) is 9.53. The number of nitrogens with one attached hydrogen (secondary N) is 1. The van der Waals surface area contributed by atoms with Gasteiger partial charge < -0.3 is 4.90 Å². The quantitative estimate of drug-likeness (QED) is 0.914. The van der Waals surface area contributed by atoms with Crippen molar-refractivity contribution in [3.63, 3.8) is 0 Å². The highest BCUT2D eigenvalue weighted by Gasteiger charge is 2.55. The number of carbonyl (C=O) groups excluding carboxylic acids is 1. The highest BCUT2D eigenvalue weighted by molar-refractivity contribution is 7.88. The van der Waals surface area contributed by atoms with Gasteiger partial charge in [-0.2, -0.15) is 0 Å². The van der Waals surface area contributed by atoms with E-state index in [2.05, 4.69) is 4.72 Å². The first-order valence-electron chi connectivity index (χ1n) is 7.71. The largest absolute Gasteiger partial charge is 0.336 e. The predicted molar refractivity (Wildman–Crippen MR) is 84.5 cm³/mol. The van der Waals surface area contributed by atoms with E-state index in [9.17, 15) is 13.2 Å². The van der Waals surface area contributed by atoms with E-state index >= 15 is 0 Å². The monoisotopic (exact) mass is 322 g/mol. The Kier molecular flexibility index (Phi) is 3.99. The number of hydrogen-bond donors (Lipinski definition) is 1. The fourth-order valence-electron chi connectivity index (χ4n) is 3.86. The Morgan fingerprint density at radius 3 is 2.45 bits per heavy atom. The van der Waals surface area contributed by atoms with Crippen molar-refractivity contribution in [1.82, 2.24) is 9.62 Å². The van der Waals surface area contributed by atoms with Gasteiger partial charge in [-0.05, 0) is 18.4 Å². The van der Waals surface area contributed by atoms with Crippen LogP contribution < -0.4 is 4.72 Å². The molecule has 1 amide bonds. The molecule has 0 radical (unpaired) electrons. The Labute approximate surface area is 131 Å². The van der Waals surface area contributed by atoms with Gasteiger partial charge in [0.15, 0.2) is 0 Å². The summed E-state index contributed by atoms with van der Waals surface area (Å²) in [4.78, 5) is 14.7. The van der Waals surface area contributed by atoms with Crippen molar-refractivity contribution < 1.29 is 13.2 Å². The maximum Gasteiger partial charge on any atom is 0.230 e. The van der Waals surface area contributed by atoms with E-state index in [1.54, 1.807) is 0 Å². The minimum atomic E-state index is -3.32. The van der Waals surface area contributed by atoms with E-state index in [0.29, 0.717) is 13.1 Å². The number of hydrogen-bond acceptors (Lipinski definition) is 3. The zero-order chi connectivity index (χ0) is 15.8.